The molecular formula is C34H42N4O4. The number of rotatable bonds is 11. The largest absolute Gasteiger partial charge is 0.444 e. The van der Waals surface area contributed by atoms with Crippen LogP contribution in [0.4, 0.5) is 4.79 Å². The molecule has 2 rings (SSSR count). The number of carbonyl (C=O) groups excluding carboxylic acids is 3. The summed E-state index contributed by atoms with van der Waals surface area (Å²) < 4.78 is 5.27. The van der Waals surface area contributed by atoms with Crippen molar-refractivity contribution in [3.05, 3.63) is 107 Å². The minimum Gasteiger partial charge on any atom is -0.444 e. The van der Waals surface area contributed by atoms with E-state index in [2.05, 4.69) is 40.4 Å². The van der Waals surface area contributed by atoms with Crippen LogP contribution in [0.2, 0.25) is 0 Å². The smallest absolute Gasteiger partial charge is 0.408 e. The highest BCUT2D eigenvalue weighted by Gasteiger charge is 2.38. The van der Waals surface area contributed by atoms with Crippen LogP contribution in [-0.2, 0) is 16.1 Å². The Kier molecular flexibility index (Phi) is 12.3. The third kappa shape index (κ3) is 11.5. The second kappa shape index (κ2) is 15.4. The molecule has 1 unspecified atom stereocenters. The van der Waals surface area contributed by atoms with Crippen LogP contribution < -0.4 is 21.7 Å². The predicted octanol–water partition coefficient (Wildman–Crippen LogP) is 4.75. The van der Waals surface area contributed by atoms with E-state index < -0.39 is 35.1 Å². The van der Waals surface area contributed by atoms with Gasteiger partial charge in [-0.05, 0) is 89.1 Å². The molecule has 3 amide bonds. The van der Waals surface area contributed by atoms with E-state index in [0.717, 1.165) is 35.4 Å². The molecule has 0 heterocycles. The summed E-state index contributed by atoms with van der Waals surface area (Å²) in [5, 5.41) is 8.65. The lowest BCUT2D eigenvalue weighted by Gasteiger charge is -2.34. The van der Waals surface area contributed by atoms with Gasteiger partial charge in [-0.3, -0.25) is 9.59 Å². The van der Waals surface area contributed by atoms with Gasteiger partial charge < -0.3 is 26.4 Å². The molecule has 42 heavy (non-hydrogen) atoms. The fourth-order valence-corrected chi connectivity index (χ4v) is 3.91. The molecule has 8 nitrogen and oxygen atoms in total. The fourth-order valence-electron chi connectivity index (χ4n) is 3.91. The topological polar surface area (TPSA) is 123 Å². The number of hydrogen-bond acceptors (Lipinski definition) is 5. The van der Waals surface area contributed by atoms with Crippen LogP contribution in [-0.4, -0.2) is 41.6 Å². The van der Waals surface area contributed by atoms with Gasteiger partial charge in [-0.15, -0.1) is 0 Å². The molecular weight excluding hydrogens is 528 g/mol. The summed E-state index contributed by atoms with van der Waals surface area (Å²) in [7, 11) is 0. The Balaban J connectivity index is 2.00. The van der Waals surface area contributed by atoms with Crippen molar-refractivity contribution in [1.29, 1.82) is 0 Å². The lowest BCUT2D eigenvalue weighted by molar-refractivity contribution is -0.121. The summed E-state index contributed by atoms with van der Waals surface area (Å²) in [6.07, 6.45) is 7.09. The maximum absolute atomic E-state index is 12.9. The minimum absolute atomic E-state index is 0.317. The molecule has 0 aliphatic heterocycles. The third-order valence-electron chi connectivity index (χ3n) is 5.93. The molecule has 2 aromatic carbocycles. The van der Waals surface area contributed by atoms with Crippen molar-refractivity contribution in [1.82, 2.24) is 16.0 Å². The number of amides is 3. The summed E-state index contributed by atoms with van der Waals surface area (Å²) in [5.74, 6) is 4.92. The van der Waals surface area contributed by atoms with Gasteiger partial charge in [0.1, 0.15) is 11.6 Å². The Morgan fingerprint density at radius 3 is 2.05 bits per heavy atom. The van der Waals surface area contributed by atoms with Crippen molar-refractivity contribution in [3.63, 3.8) is 0 Å². The van der Waals surface area contributed by atoms with Gasteiger partial charge in [-0.1, -0.05) is 54.9 Å². The summed E-state index contributed by atoms with van der Waals surface area (Å²) in [6.45, 7) is 15.5. The Labute approximate surface area is 249 Å². The molecule has 0 fully saturated rings. The standard InChI is InChI=1S/C34H42N4O4/c1-8-10-26(11-9-2)22-36-23-27-16-14-24(15-17-27)12-13-25-18-20-28(21-19-25)31(40)37-29(30(35)39)34(6,7)38-32(41)42-33(3,4)5/h8-11,14-21,29,36H,1,22-23H2,2-7H3,(H2,35,39)(H,37,40)(H,38,41)/b11-9-,26-10+. The number of nitrogens with two attached hydrogens (primary N) is 1. The molecule has 8 heteroatoms. The summed E-state index contributed by atoms with van der Waals surface area (Å²) >= 11 is 0. The van der Waals surface area contributed by atoms with Gasteiger partial charge in [0.25, 0.3) is 5.91 Å². The van der Waals surface area contributed by atoms with Gasteiger partial charge in [0.2, 0.25) is 5.91 Å². The Morgan fingerprint density at radius 1 is 0.976 bits per heavy atom. The molecule has 0 aromatic heterocycles. The molecule has 0 radical (unpaired) electrons. The van der Waals surface area contributed by atoms with Crippen LogP contribution in [0.25, 0.3) is 0 Å². The fraction of sp³-hybridized carbons (Fsp3) is 0.324. The second-order valence-corrected chi connectivity index (χ2v) is 11.3. The molecule has 5 N–H and O–H groups in total. The van der Waals surface area contributed by atoms with E-state index >= 15 is 0 Å². The zero-order chi connectivity index (χ0) is 31.3. The first-order valence-corrected chi connectivity index (χ1v) is 13.7. The van der Waals surface area contributed by atoms with Crippen molar-refractivity contribution < 1.29 is 19.1 Å². The lowest BCUT2D eigenvalue weighted by atomic mass is 9.93. The maximum Gasteiger partial charge on any atom is 0.408 e. The zero-order valence-electron chi connectivity index (χ0n) is 25.3. The average molecular weight is 571 g/mol. The molecule has 1 atom stereocenters. The molecule has 0 aliphatic rings. The summed E-state index contributed by atoms with van der Waals surface area (Å²) in [6, 6.07) is 13.5. The second-order valence-electron chi connectivity index (χ2n) is 11.3. The number of benzene rings is 2. The first-order chi connectivity index (χ1) is 19.7. The van der Waals surface area contributed by atoms with Gasteiger partial charge in [0.05, 0.1) is 5.54 Å². The highest BCUT2D eigenvalue weighted by molar-refractivity contribution is 5.98. The minimum atomic E-state index is -1.21. The summed E-state index contributed by atoms with van der Waals surface area (Å²) in [4.78, 5) is 37.4. The van der Waals surface area contributed by atoms with Crippen LogP contribution in [0.5, 0.6) is 0 Å². The molecule has 0 aliphatic carbocycles. The zero-order valence-corrected chi connectivity index (χ0v) is 25.3. The Hall–Kier alpha value is -4.61. The van der Waals surface area contributed by atoms with Crippen molar-refractivity contribution in [2.24, 2.45) is 5.73 Å². The van der Waals surface area contributed by atoms with Gasteiger partial charge in [-0.2, -0.15) is 0 Å². The lowest BCUT2D eigenvalue weighted by Crippen LogP contribution is -2.64. The number of alkyl carbamates (subject to hydrolysis) is 1. The van der Waals surface area contributed by atoms with Gasteiger partial charge in [0.15, 0.2) is 0 Å². The molecule has 0 spiro atoms. The number of hydrogen-bond donors (Lipinski definition) is 4. The van der Waals surface area contributed by atoms with Gasteiger partial charge in [-0.25, -0.2) is 4.79 Å². The average Bonchev–Trinajstić information content (AvgIpc) is 2.90. The third-order valence-corrected chi connectivity index (χ3v) is 5.93. The van der Waals surface area contributed by atoms with E-state index in [0.29, 0.717) is 5.56 Å². The number of nitrogens with one attached hydrogen (secondary N) is 3. The Bertz CT molecular complexity index is 1370. The Morgan fingerprint density at radius 2 is 1.55 bits per heavy atom. The van der Waals surface area contributed by atoms with Crippen LogP contribution in [0.1, 0.15) is 68.6 Å². The van der Waals surface area contributed by atoms with E-state index in [1.807, 2.05) is 43.3 Å². The van der Waals surface area contributed by atoms with Crippen molar-refractivity contribution in [3.8, 4) is 11.8 Å². The first-order valence-electron chi connectivity index (χ1n) is 13.7. The highest BCUT2D eigenvalue weighted by Crippen LogP contribution is 2.14. The van der Waals surface area contributed by atoms with Crippen molar-refractivity contribution in [2.45, 2.75) is 65.3 Å². The number of allylic oxidation sites excluding steroid dienone is 3. The molecule has 0 saturated carbocycles. The monoisotopic (exact) mass is 570 g/mol. The van der Waals surface area contributed by atoms with Crippen molar-refractivity contribution >= 4 is 17.9 Å². The quantitative estimate of drug-likeness (QED) is 0.229. The van der Waals surface area contributed by atoms with Crippen LogP contribution in [0.15, 0.2) is 85.0 Å². The molecule has 0 saturated heterocycles. The van der Waals surface area contributed by atoms with E-state index in [1.54, 1.807) is 65.0 Å². The highest BCUT2D eigenvalue weighted by atomic mass is 16.6. The van der Waals surface area contributed by atoms with Crippen LogP contribution in [0, 0.1) is 11.8 Å². The summed E-state index contributed by atoms with van der Waals surface area (Å²) in [5.41, 5.74) is 7.84. The van der Waals surface area contributed by atoms with E-state index in [1.165, 1.54) is 0 Å². The number of carbonyl (C=O) groups is 3. The van der Waals surface area contributed by atoms with Gasteiger partial charge >= 0.3 is 6.09 Å². The molecule has 222 valence electrons. The van der Waals surface area contributed by atoms with Crippen molar-refractivity contribution in [2.75, 3.05) is 6.54 Å². The SMILES string of the molecule is C=C/C=C(\C=C/C)CNCc1ccc(C#Cc2ccc(C(=O)NC(C(N)=O)C(C)(C)NC(=O)OC(C)(C)C)cc2)cc1. The number of primary amides is 1. The van der Waals surface area contributed by atoms with Crippen LogP contribution in [0.3, 0.4) is 0 Å². The van der Waals surface area contributed by atoms with E-state index in [9.17, 15) is 14.4 Å². The van der Waals surface area contributed by atoms with E-state index in [-0.39, 0.29) is 0 Å². The van der Waals surface area contributed by atoms with E-state index in [4.69, 9.17) is 10.5 Å². The molecule has 0 bridgehead atoms. The maximum atomic E-state index is 12.9. The number of ether oxygens (including phenoxy) is 1. The van der Waals surface area contributed by atoms with Gasteiger partial charge in [0, 0.05) is 29.8 Å². The normalized spacial score (nSPS) is 12.6. The predicted molar refractivity (Wildman–Crippen MR) is 168 cm³/mol. The first kappa shape index (κ1) is 33.6. The molecule has 2 aromatic rings. The van der Waals surface area contributed by atoms with Crippen LogP contribution >= 0.6 is 0 Å².